The molecule has 0 aliphatic carbocycles. The van der Waals surface area contributed by atoms with Crippen LogP contribution in [-0.2, 0) is 23.0 Å². The molecule has 4 rings (SSSR count). The van der Waals surface area contributed by atoms with Gasteiger partial charge in [0.2, 0.25) is 0 Å². The summed E-state index contributed by atoms with van der Waals surface area (Å²) in [7, 11) is 1.80. The fourth-order valence-corrected chi connectivity index (χ4v) is 4.99. The number of ether oxygens (including phenoxy) is 1. The number of aliphatic hydroxyl groups is 1. The van der Waals surface area contributed by atoms with Crippen molar-refractivity contribution in [1.29, 1.82) is 0 Å². The number of anilines is 1. The third-order valence-electron chi connectivity index (χ3n) is 6.56. The fraction of sp³-hybridized carbons (Fsp3) is 0.364. The molecular weight excluding hydrogens is 538 g/mol. The molecular formula is C33H36F2N4O3. The van der Waals surface area contributed by atoms with Gasteiger partial charge in [0.1, 0.15) is 28.5 Å². The molecule has 42 heavy (non-hydrogen) atoms. The second kappa shape index (κ2) is 11.5. The maximum Gasteiger partial charge on any atom is 0.306 e. The lowest BCUT2D eigenvalue weighted by Gasteiger charge is -2.24. The maximum absolute atomic E-state index is 14.2. The van der Waals surface area contributed by atoms with Gasteiger partial charge in [-0.2, -0.15) is 5.10 Å². The molecule has 0 fully saturated rings. The highest BCUT2D eigenvalue weighted by molar-refractivity contribution is 6.02. The number of nitrogen functional groups attached to an aromatic ring is 1. The summed E-state index contributed by atoms with van der Waals surface area (Å²) in [5, 5.41) is 15.4. The number of nitrogens with zero attached hydrogens (tertiary/aromatic N) is 3. The van der Waals surface area contributed by atoms with Gasteiger partial charge in [0.15, 0.2) is 5.82 Å². The summed E-state index contributed by atoms with van der Waals surface area (Å²) < 4.78 is 35.8. The summed E-state index contributed by atoms with van der Waals surface area (Å²) in [6.07, 6.45) is -0.0147. The number of aryl methyl sites for hydroxylation is 2. The van der Waals surface area contributed by atoms with Crippen molar-refractivity contribution in [3.63, 3.8) is 0 Å². The number of hydrogen-bond donors (Lipinski definition) is 2. The van der Waals surface area contributed by atoms with Crippen LogP contribution in [0, 0.1) is 30.4 Å². The molecule has 0 saturated heterocycles. The first-order valence-electron chi connectivity index (χ1n) is 13.7. The van der Waals surface area contributed by atoms with Gasteiger partial charge >= 0.3 is 5.97 Å². The molecule has 0 aliphatic heterocycles. The zero-order chi connectivity index (χ0) is 31.0. The molecule has 0 spiro atoms. The van der Waals surface area contributed by atoms with Crippen LogP contribution in [0.4, 0.5) is 14.6 Å². The number of carbonyl (C=O) groups is 1. The van der Waals surface area contributed by atoms with Crippen molar-refractivity contribution in [2.24, 2.45) is 7.05 Å². The Morgan fingerprint density at radius 1 is 1.07 bits per heavy atom. The second-order valence-corrected chi connectivity index (χ2v) is 12.1. The monoisotopic (exact) mass is 574 g/mol. The first kappa shape index (κ1) is 30.7. The van der Waals surface area contributed by atoms with Gasteiger partial charge in [-0.15, -0.1) is 0 Å². The molecule has 0 saturated carbocycles. The largest absolute Gasteiger partial charge is 0.460 e. The molecule has 0 unspecified atom stereocenters. The van der Waals surface area contributed by atoms with E-state index in [1.165, 1.54) is 12.1 Å². The number of carbonyl (C=O) groups excluding carboxylic acids is 1. The quantitative estimate of drug-likeness (QED) is 0.217. The molecule has 0 bridgehead atoms. The summed E-state index contributed by atoms with van der Waals surface area (Å²) in [4.78, 5) is 18.0. The van der Waals surface area contributed by atoms with Crippen LogP contribution in [0.2, 0.25) is 0 Å². The predicted octanol–water partition coefficient (Wildman–Crippen LogP) is 5.98. The number of pyridine rings is 1. The van der Waals surface area contributed by atoms with E-state index in [0.29, 0.717) is 28.3 Å². The molecule has 220 valence electrons. The van der Waals surface area contributed by atoms with E-state index < -0.39 is 34.7 Å². The number of fused-ring (bicyclic) bond motifs is 1. The minimum atomic E-state index is -1.26. The van der Waals surface area contributed by atoms with E-state index in [1.54, 1.807) is 52.4 Å². The van der Waals surface area contributed by atoms with E-state index in [1.807, 2.05) is 25.1 Å². The van der Waals surface area contributed by atoms with Crippen LogP contribution in [0.25, 0.3) is 22.0 Å². The second-order valence-electron chi connectivity index (χ2n) is 12.1. The fourth-order valence-electron chi connectivity index (χ4n) is 4.99. The highest BCUT2D eigenvalue weighted by atomic mass is 19.1. The lowest BCUT2D eigenvalue weighted by molar-refractivity contribution is -0.155. The minimum absolute atomic E-state index is 0.0961. The summed E-state index contributed by atoms with van der Waals surface area (Å²) in [5.74, 6) is 3.49. The van der Waals surface area contributed by atoms with Gasteiger partial charge in [0.05, 0.1) is 17.6 Å². The predicted molar refractivity (Wildman–Crippen MR) is 160 cm³/mol. The zero-order valence-electron chi connectivity index (χ0n) is 25.0. The van der Waals surface area contributed by atoms with Gasteiger partial charge in [-0.05, 0) is 89.3 Å². The number of hydrogen-bond acceptors (Lipinski definition) is 6. The Morgan fingerprint density at radius 2 is 1.71 bits per heavy atom. The molecule has 9 heteroatoms. The van der Waals surface area contributed by atoms with Crippen LogP contribution in [-0.4, -0.2) is 37.0 Å². The van der Waals surface area contributed by atoms with E-state index in [4.69, 9.17) is 15.5 Å². The van der Waals surface area contributed by atoms with Crippen molar-refractivity contribution >= 4 is 22.7 Å². The third-order valence-corrected chi connectivity index (χ3v) is 6.56. The number of halogens is 2. The Hall–Kier alpha value is -4.29. The van der Waals surface area contributed by atoms with E-state index in [9.17, 15) is 18.7 Å². The van der Waals surface area contributed by atoms with Crippen LogP contribution in [0.15, 0.2) is 42.5 Å². The molecule has 7 nitrogen and oxygen atoms in total. The molecule has 0 aliphatic rings. The SMILES string of the molecule is Cc1ccc(-c2ccc(C#CC(C)(C)O)nc2[C@@H](CC(=O)OC(C)(C)C)Cc2cc(F)cc(F)c2)c2c1c(N)nn2C. The highest BCUT2D eigenvalue weighted by Gasteiger charge is 2.27. The Morgan fingerprint density at radius 3 is 2.33 bits per heavy atom. The summed E-state index contributed by atoms with van der Waals surface area (Å²) in [5.41, 5.74) is 8.65. The van der Waals surface area contributed by atoms with Crippen molar-refractivity contribution in [2.45, 2.75) is 71.5 Å². The zero-order valence-corrected chi connectivity index (χ0v) is 25.0. The molecule has 4 aromatic rings. The Kier molecular flexibility index (Phi) is 8.42. The van der Waals surface area contributed by atoms with Crippen molar-refractivity contribution in [2.75, 3.05) is 5.73 Å². The first-order chi connectivity index (χ1) is 19.5. The molecule has 3 N–H and O–H groups in total. The Bertz CT molecular complexity index is 1700. The molecule has 1 atom stereocenters. The lowest BCUT2D eigenvalue weighted by atomic mass is 9.87. The summed E-state index contributed by atoms with van der Waals surface area (Å²) >= 11 is 0. The van der Waals surface area contributed by atoms with Crippen molar-refractivity contribution in [3.05, 3.63) is 76.6 Å². The van der Waals surface area contributed by atoms with Crippen LogP contribution >= 0.6 is 0 Å². The standard InChI is InChI=1S/C33H36F2N4O3/c1-19-8-10-26(30-28(19)31(36)38-39(30)7)25-11-9-24(12-13-33(5,6)41)37-29(25)21(17-27(40)42-32(2,3)4)14-20-15-22(34)18-23(35)16-20/h8-11,15-16,18,21,41H,14,17H2,1-7H3,(H2,36,38)/t21-/m1/s1. The van der Waals surface area contributed by atoms with Crippen LogP contribution in [0.5, 0.6) is 0 Å². The van der Waals surface area contributed by atoms with E-state index in [0.717, 1.165) is 28.1 Å². The molecule has 2 heterocycles. The number of benzene rings is 2. The molecule has 2 aromatic heterocycles. The Labute approximate surface area is 244 Å². The molecule has 0 radical (unpaired) electrons. The van der Waals surface area contributed by atoms with Gasteiger partial charge in [-0.1, -0.05) is 18.1 Å². The average Bonchev–Trinajstić information content (AvgIpc) is 3.15. The van der Waals surface area contributed by atoms with Crippen LogP contribution in [0.3, 0.4) is 0 Å². The van der Waals surface area contributed by atoms with Crippen LogP contribution in [0.1, 0.15) is 69.5 Å². The van der Waals surface area contributed by atoms with Crippen LogP contribution < -0.4 is 5.73 Å². The van der Waals surface area contributed by atoms with E-state index in [2.05, 4.69) is 16.9 Å². The normalized spacial score (nSPS) is 12.6. The van der Waals surface area contributed by atoms with Crippen molar-refractivity contribution in [3.8, 4) is 23.0 Å². The van der Waals surface area contributed by atoms with E-state index in [-0.39, 0.29) is 12.8 Å². The van der Waals surface area contributed by atoms with Gasteiger partial charge < -0.3 is 15.6 Å². The topological polar surface area (TPSA) is 103 Å². The molecule has 2 aromatic carbocycles. The van der Waals surface area contributed by atoms with Crippen molar-refractivity contribution < 1.29 is 23.4 Å². The van der Waals surface area contributed by atoms with E-state index >= 15 is 0 Å². The third kappa shape index (κ3) is 7.31. The summed E-state index contributed by atoms with van der Waals surface area (Å²) in [6.45, 7) is 10.4. The highest BCUT2D eigenvalue weighted by Crippen LogP contribution is 2.39. The number of esters is 1. The summed E-state index contributed by atoms with van der Waals surface area (Å²) in [6, 6.07) is 10.7. The van der Waals surface area contributed by atoms with Gasteiger partial charge in [-0.3, -0.25) is 9.48 Å². The maximum atomic E-state index is 14.2. The minimum Gasteiger partial charge on any atom is -0.460 e. The van der Waals surface area contributed by atoms with Gasteiger partial charge in [0.25, 0.3) is 0 Å². The van der Waals surface area contributed by atoms with Crippen molar-refractivity contribution in [1.82, 2.24) is 14.8 Å². The molecule has 0 amide bonds. The number of aromatic nitrogens is 3. The average molecular weight is 575 g/mol. The lowest BCUT2D eigenvalue weighted by Crippen LogP contribution is -2.25. The Balaban J connectivity index is 1.98. The number of nitrogens with two attached hydrogens (primary N) is 1. The first-order valence-corrected chi connectivity index (χ1v) is 13.7. The number of rotatable bonds is 6. The van der Waals surface area contributed by atoms with Gasteiger partial charge in [0, 0.05) is 35.5 Å². The smallest absolute Gasteiger partial charge is 0.306 e. The van der Waals surface area contributed by atoms with Gasteiger partial charge in [-0.25, -0.2) is 13.8 Å².